The summed E-state index contributed by atoms with van der Waals surface area (Å²) in [4.78, 5) is 12.9. The lowest BCUT2D eigenvalue weighted by Crippen LogP contribution is -2.48. The molecule has 0 aliphatic carbocycles. The third-order valence-corrected chi connectivity index (χ3v) is 7.24. The lowest BCUT2D eigenvalue weighted by molar-refractivity contribution is -0.124. The first-order valence-electron chi connectivity index (χ1n) is 9.63. The SMILES string of the molecule is COc1cccc(OC)c1CN(C1CCCCNC1=O)S(=O)(=O)c1ccc(Cl)cc1. The second-order valence-corrected chi connectivity index (χ2v) is 9.27. The van der Waals surface area contributed by atoms with Crippen molar-refractivity contribution in [2.75, 3.05) is 20.8 Å². The lowest BCUT2D eigenvalue weighted by Gasteiger charge is -2.30. The molecule has 1 fully saturated rings. The highest BCUT2D eigenvalue weighted by Crippen LogP contribution is 2.33. The summed E-state index contributed by atoms with van der Waals surface area (Å²) in [6.45, 7) is 0.457. The maximum atomic E-state index is 13.6. The van der Waals surface area contributed by atoms with Gasteiger partial charge in [-0.15, -0.1) is 0 Å². The summed E-state index contributed by atoms with van der Waals surface area (Å²) < 4.78 is 39.4. The Balaban J connectivity index is 2.11. The molecule has 1 saturated heterocycles. The fraction of sp³-hybridized carbons (Fsp3) is 0.381. The van der Waals surface area contributed by atoms with Crippen LogP contribution in [0.5, 0.6) is 11.5 Å². The Morgan fingerprint density at radius 2 is 1.70 bits per heavy atom. The van der Waals surface area contributed by atoms with Gasteiger partial charge in [0, 0.05) is 18.1 Å². The molecule has 0 spiro atoms. The van der Waals surface area contributed by atoms with E-state index in [1.807, 2.05) is 0 Å². The van der Waals surface area contributed by atoms with Gasteiger partial charge in [-0.1, -0.05) is 17.7 Å². The van der Waals surface area contributed by atoms with Crippen LogP contribution in [0.4, 0.5) is 0 Å². The number of methoxy groups -OCH3 is 2. The van der Waals surface area contributed by atoms with Crippen molar-refractivity contribution >= 4 is 27.5 Å². The van der Waals surface area contributed by atoms with Crippen LogP contribution in [0.25, 0.3) is 0 Å². The number of hydrogen-bond donors (Lipinski definition) is 1. The van der Waals surface area contributed by atoms with Crippen LogP contribution in [-0.2, 0) is 21.4 Å². The maximum Gasteiger partial charge on any atom is 0.244 e. The molecule has 30 heavy (non-hydrogen) atoms. The summed E-state index contributed by atoms with van der Waals surface area (Å²) in [6.07, 6.45) is 1.96. The van der Waals surface area contributed by atoms with E-state index in [1.54, 1.807) is 18.2 Å². The topological polar surface area (TPSA) is 84.9 Å². The Bertz CT molecular complexity index is 973. The summed E-state index contributed by atoms with van der Waals surface area (Å²) in [5.74, 6) is 0.665. The summed E-state index contributed by atoms with van der Waals surface area (Å²) in [6, 6.07) is 10.3. The molecule has 2 aromatic rings. The first-order chi connectivity index (χ1) is 14.4. The molecule has 0 radical (unpaired) electrons. The zero-order valence-electron chi connectivity index (χ0n) is 16.9. The highest BCUT2D eigenvalue weighted by Gasteiger charge is 2.37. The van der Waals surface area contributed by atoms with E-state index in [1.165, 1.54) is 42.8 Å². The zero-order chi connectivity index (χ0) is 21.7. The number of sulfonamides is 1. The van der Waals surface area contributed by atoms with Crippen molar-refractivity contribution < 1.29 is 22.7 Å². The molecular weight excluding hydrogens is 428 g/mol. The van der Waals surface area contributed by atoms with Gasteiger partial charge < -0.3 is 14.8 Å². The second-order valence-electron chi connectivity index (χ2n) is 6.95. The normalized spacial score (nSPS) is 17.3. The lowest BCUT2D eigenvalue weighted by atomic mass is 10.1. The third-order valence-electron chi connectivity index (χ3n) is 5.12. The van der Waals surface area contributed by atoms with E-state index >= 15 is 0 Å². The molecule has 1 aliphatic heterocycles. The number of benzene rings is 2. The molecule has 1 N–H and O–H groups in total. The number of hydrogen-bond acceptors (Lipinski definition) is 5. The molecule has 1 aliphatic rings. The molecule has 3 rings (SSSR count). The zero-order valence-corrected chi connectivity index (χ0v) is 18.5. The molecule has 0 aromatic heterocycles. The van der Waals surface area contributed by atoms with E-state index in [-0.39, 0.29) is 17.3 Å². The summed E-state index contributed by atoms with van der Waals surface area (Å²) in [5, 5.41) is 3.25. The smallest absolute Gasteiger partial charge is 0.244 e. The number of carbonyl (C=O) groups excluding carboxylic acids is 1. The van der Waals surface area contributed by atoms with Crippen molar-refractivity contribution in [3.05, 3.63) is 53.1 Å². The summed E-state index contributed by atoms with van der Waals surface area (Å²) in [7, 11) is -0.995. The molecule has 9 heteroatoms. The standard InChI is InChI=1S/C21H25ClN2O5S/c1-28-19-7-5-8-20(29-2)17(19)14-24(18-6-3-4-13-23-21(18)25)30(26,27)16-11-9-15(22)10-12-16/h5,7-12,18H,3-4,6,13-14H2,1-2H3,(H,23,25). The van der Waals surface area contributed by atoms with E-state index in [4.69, 9.17) is 21.1 Å². The van der Waals surface area contributed by atoms with Crippen LogP contribution in [-0.4, -0.2) is 45.4 Å². The van der Waals surface area contributed by atoms with Gasteiger partial charge in [-0.3, -0.25) is 4.79 Å². The first-order valence-corrected chi connectivity index (χ1v) is 11.4. The van der Waals surface area contributed by atoms with Crippen LogP contribution >= 0.6 is 11.6 Å². The Kier molecular flexibility index (Phi) is 7.23. The average Bonchev–Trinajstić information content (AvgIpc) is 2.96. The average molecular weight is 453 g/mol. The number of nitrogens with zero attached hydrogens (tertiary/aromatic N) is 1. The van der Waals surface area contributed by atoms with E-state index < -0.39 is 16.1 Å². The van der Waals surface area contributed by atoms with Gasteiger partial charge in [0.2, 0.25) is 15.9 Å². The fourth-order valence-electron chi connectivity index (χ4n) is 3.54. The van der Waals surface area contributed by atoms with Gasteiger partial charge in [0.1, 0.15) is 17.5 Å². The van der Waals surface area contributed by atoms with Gasteiger partial charge in [-0.05, 0) is 55.7 Å². The molecule has 7 nitrogen and oxygen atoms in total. The summed E-state index contributed by atoms with van der Waals surface area (Å²) >= 11 is 5.94. The number of amides is 1. The van der Waals surface area contributed by atoms with Crippen LogP contribution in [0.2, 0.25) is 5.02 Å². The van der Waals surface area contributed by atoms with Gasteiger partial charge >= 0.3 is 0 Å². The van der Waals surface area contributed by atoms with E-state index in [0.29, 0.717) is 35.1 Å². The minimum absolute atomic E-state index is 0.0674. The van der Waals surface area contributed by atoms with Gasteiger partial charge in [0.05, 0.1) is 24.7 Å². The van der Waals surface area contributed by atoms with Gasteiger partial charge in [-0.2, -0.15) is 4.31 Å². The number of halogens is 1. The fourth-order valence-corrected chi connectivity index (χ4v) is 5.25. The van der Waals surface area contributed by atoms with Crippen molar-refractivity contribution in [1.82, 2.24) is 9.62 Å². The Morgan fingerprint density at radius 1 is 1.07 bits per heavy atom. The molecular formula is C21H25ClN2O5S. The number of rotatable bonds is 7. The van der Waals surface area contributed by atoms with E-state index in [0.717, 1.165) is 12.8 Å². The Morgan fingerprint density at radius 3 is 2.30 bits per heavy atom. The number of ether oxygens (including phenoxy) is 2. The van der Waals surface area contributed by atoms with Crippen molar-refractivity contribution in [3.63, 3.8) is 0 Å². The molecule has 162 valence electrons. The molecule has 0 bridgehead atoms. The molecule has 0 saturated carbocycles. The minimum atomic E-state index is -4.01. The van der Waals surface area contributed by atoms with E-state index in [2.05, 4.69) is 5.32 Å². The van der Waals surface area contributed by atoms with E-state index in [9.17, 15) is 13.2 Å². The number of carbonyl (C=O) groups is 1. The molecule has 1 atom stereocenters. The van der Waals surface area contributed by atoms with Gasteiger partial charge in [0.25, 0.3) is 0 Å². The predicted molar refractivity (Wildman–Crippen MR) is 114 cm³/mol. The maximum absolute atomic E-state index is 13.6. The molecule has 1 amide bonds. The Labute approximate surface area is 182 Å². The molecule has 1 unspecified atom stereocenters. The predicted octanol–water partition coefficient (Wildman–Crippen LogP) is 3.22. The highest BCUT2D eigenvalue weighted by molar-refractivity contribution is 7.89. The summed E-state index contributed by atoms with van der Waals surface area (Å²) in [5.41, 5.74) is 0.553. The van der Waals surface area contributed by atoms with Gasteiger partial charge in [0.15, 0.2) is 0 Å². The van der Waals surface area contributed by atoms with Gasteiger partial charge in [-0.25, -0.2) is 8.42 Å². The first kappa shape index (κ1) is 22.4. The van der Waals surface area contributed by atoms with Crippen LogP contribution in [0.15, 0.2) is 47.4 Å². The second kappa shape index (κ2) is 9.68. The van der Waals surface area contributed by atoms with Crippen molar-refractivity contribution in [2.45, 2.75) is 36.7 Å². The molecule has 1 heterocycles. The Hall–Kier alpha value is -2.29. The minimum Gasteiger partial charge on any atom is -0.496 e. The number of nitrogens with one attached hydrogen (secondary N) is 1. The monoisotopic (exact) mass is 452 g/mol. The largest absolute Gasteiger partial charge is 0.496 e. The van der Waals surface area contributed by atoms with Crippen LogP contribution in [0.1, 0.15) is 24.8 Å². The van der Waals surface area contributed by atoms with Crippen LogP contribution < -0.4 is 14.8 Å². The van der Waals surface area contributed by atoms with Crippen molar-refractivity contribution in [1.29, 1.82) is 0 Å². The van der Waals surface area contributed by atoms with Crippen molar-refractivity contribution in [3.8, 4) is 11.5 Å². The van der Waals surface area contributed by atoms with Crippen LogP contribution in [0.3, 0.4) is 0 Å². The van der Waals surface area contributed by atoms with Crippen LogP contribution in [0, 0.1) is 0 Å². The van der Waals surface area contributed by atoms with Crippen molar-refractivity contribution in [2.24, 2.45) is 0 Å². The molecule has 2 aromatic carbocycles. The quantitative estimate of drug-likeness (QED) is 0.697. The highest BCUT2D eigenvalue weighted by atomic mass is 35.5. The third kappa shape index (κ3) is 4.71.